The van der Waals surface area contributed by atoms with Gasteiger partial charge in [0.1, 0.15) is 11.7 Å². The number of carbonyl (C=O) groups excluding carboxylic acids is 2. The number of nitrogens with zero attached hydrogens (tertiary/aromatic N) is 3. The summed E-state index contributed by atoms with van der Waals surface area (Å²) in [5, 5.41) is 14.4. The van der Waals surface area contributed by atoms with Crippen LogP contribution in [0.2, 0.25) is 0 Å². The highest BCUT2D eigenvalue weighted by Gasteiger charge is 2.48. The van der Waals surface area contributed by atoms with Gasteiger partial charge < -0.3 is 9.84 Å². The standard InChI is InChI=1S/C24H33N5O3/c1-14-20(17-6-4-3-5-7-17)28-32-24(14)27-23(31)21(19(15-8-9-15)16-10-11-16)26-22(30)18-12-13-25-29(18)2/h12-13,15-17,19,21H,3-11H2,1-2H3,(H,26,30)(H,27,31)/t21-/m0/s1. The zero-order valence-electron chi connectivity index (χ0n) is 19.0. The maximum atomic E-state index is 13.5. The molecule has 3 aliphatic rings. The largest absolute Gasteiger partial charge is 0.339 e. The summed E-state index contributed by atoms with van der Waals surface area (Å²) in [6.07, 6.45) is 12.0. The number of rotatable bonds is 8. The van der Waals surface area contributed by atoms with Gasteiger partial charge in [0.15, 0.2) is 0 Å². The van der Waals surface area contributed by atoms with Crippen molar-refractivity contribution in [1.29, 1.82) is 0 Å². The molecule has 0 saturated heterocycles. The second-order valence-corrected chi connectivity index (χ2v) is 9.89. The van der Waals surface area contributed by atoms with Crippen LogP contribution in [0.4, 0.5) is 5.88 Å². The van der Waals surface area contributed by atoms with Crippen LogP contribution in [0.15, 0.2) is 16.8 Å². The van der Waals surface area contributed by atoms with E-state index in [0.717, 1.165) is 49.8 Å². The highest BCUT2D eigenvalue weighted by molar-refractivity contribution is 6.00. The lowest BCUT2D eigenvalue weighted by molar-refractivity contribution is -0.119. The number of aryl methyl sites for hydroxylation is 1. The van der Waals surface area contributed by atoms with Crippen LogP contribution in [0.1, 0.15) is 85.5 Å². The second kappa shape index (κ2) is 8.71. The first-order chi connectivity index (χ1) is 15.5. The average molecular weight is 440 g/mol. The van der Waals surface area contributed by atoms with Crippen LogP contribution in [0.3, 0.4) is 0 Å². The fourth-order valence-corrected chi connectivity index (χ4v) is 5.45. The molecule has 172 valence electrons. The van der Waals surface area contributed by atoms with Crippen LogP contribution in [0, 0.1) is 24.7 Å². The van der Waals surface area contributed by atoms with Gasteiger partial charge in [0, 0.05) is 24.7 Å². The highest BCUT2D eigenvalue weighted by atomic mass is 16.5. The van der Waals surface area contributed by atoms with E-state index in [-0.39, 0.29) is 17.7 Å². The average Bonchev–Trinajstić information content (AvgIpc) is 3.72. The fraction of sp³-hybridized carbons (Fsp3) is 0.667. The van der Waals surface area contributed by atoms with Crippen LogP contribution < -0.4 is 10.6 Å². The summed E-state index contributed by atoms with van der Waals surface area (Å²) in [6.45, 7) is 1.97. The predicted molar refractivity (Wildman–Crippen MR) is 119 cm³/mol. The number of nitrogens with one attached hydrogen (secondary N) is 2. The quantitative estimate of drug-likeness (QED) is 0.649. The van der Waals surface area contributed by atoms with Gasteiger partial charge in [0.05, 0.1) is 5.69 Å². The van der Waals surface area contributed by atoms with Gasteiger partial charge in [-0.3, -0.25) is 19.6 Å². The molecule has 3 saturated carbocycles. The normalized spacial score (nSPS) is 20.3. The molecule has 5 rings (SSSR count). The van der Waals surface area contributed by atoms with E-state index in [1.165, 1.54) is 23.9 Å². The van der Waals surface area contributed by atoms with Gasteiger partial charge in [-0.15, -0.1) is 0 Å². The summed E-state index contributed by atoms with van der Waals surface area (Å²) in [6, 6.07) is 1.07. The van der Waals surface area contributed by atoms with Crippen LogP contribution in [0.25, 0.3) is 0 Å². The molecule has 3 aliphatic carbocycles. The third-order valence-corrected chi connectivity index (χ3v) is 7.53. The Morgan fingerprint density at radius 1 is 1.09 bits per heavy atom. The van der Waals surface area contributed by atoms with Gasteiger partial charge >= 0.3 is 0 Å². The van der Waals surface area contributed by atoms with Gasteiger partial charge in [-0.2, -0.15) is 5.10 Å². The third kappa shape index (κ3) is 4.32. The maximum absolute atomic E-state index is 13.5. The number of hydrogen-bond acceptors (Lipinski definition) is 5. The summed E-state index contributed by atoms with van der Waals surface area (Å²) in [5.41, 5.74) is 2.33. The second-order valence-electron chi connectivity index (χ2n) is 9.89. The molecule has 0 bridgehead atoms. The molecule has 8 nitrogen and oxygen atoms in total. The van der Waals surface area contributed by atoms with Crippen molar-refractivity contribution in [2.45, 2.75) is 76.7 Å². The molecule has 0 spiro atoms. The maximum Gasteiger partial charge on any atom is 0.270 e. The van der Waals surface area contributed by atoms with E-state index < -0.39 is 6.04 Å². The van der Waals surface area contributed by atoms with Gasteiger partial charge in [0.25, 0.3) is 5.91 Å². The van der Waals surface area contributed by atoms with E-state index in [1.807, 2.05) is 6.92 Å². The topological polar surface area (TPSA) is 102 Å². The lowest BCUT2D eigenvalue weighted by Crippen LogP contribution is -2.50. The van der Waals surface area contributed by atoms with E-state index in [4.69, 9.17) is 4.52 Å². The molecule has 0 unspecified atom stereocenters. The zero-order chi connectivity index (χ0) is 22.2. The Kier molecular flexibility index (Phi) is 5.78. The highest BCUT2D eigenvalue weighted by Crippen LogP contribution is 2.51. The molecular formula is C24H33N5O3. The smallest absolute Gasteiger partial charge is 0.270 e. The third-order valence-electron chi connectivity index (χ3n) is 7.53. The summed E-state index contributed by atoms with van der Waals surface area (Å²) in [7, 11) is 1.73. The van der Waals surface area contributed by atoms with E-state index >= 15 is 0 Å². The Bertz CT molecular complexity index is 970. The number of anilines is 1. The van der Waals surface area contributed by atoms with E-state index in [0.29, 0.717) is 29.3 Å². The van der Waals surface area contributed by atoms with E-state index in [2.05, 4.69) is 20.9 Å². The minimum absolute atomic E-state index is 0.160. The Hall–Kier alpha value is -2.64. The number of hydrogen-bond donors (Lipinski definition) is 2. The number of carbonyl (C=O) groups is 2. The van der Waals surface area contributed by atoms with Gasteiger partial charge in [0.2, 0.25) is 11.8 Å². The minimum Gasteiger partial charge on any atom is -0.339 e. The van der Waals surface area contributed by atoms with Crippen LogP contribution in [-0.4, -0.2) is 32.8 Å². The van der Waals surface area contributed by atoms with Crippen LogP contribution in [-0.2, 0) is 11.8 Å². The Morgan fingerprint density at radius 3 is 2.38 bits per heavy atom. The molecule has 2 N–H and O–H groups in total. The van der Waals surface area contributed by atoms with E-state index in [1.54, 1.807) is 19.3 Å². The molecule has 2 aromatic rings. The molecule has 8 heteroatoms. The number of amides is 2. The van der Waals surface area contributed by atoms with Crippen molar-refractivity contribution in [2.24, 2.45) is 24.8 Å². The summed E-state index contributed by atoms with van der Waals surface area (Å²) >= 11 is 0. The summed E-state index contributed by atoms with van der Waals surface area (Å²) in [5.74, 6) is 1.50. The lowest BCUT2D eigenvalue weighted by Gasteiger charge is -2.27. The Labute approximate surface area is 188 Å². The molecule has 3 fully saturated rings. The molecule has 0 aromatic carbocycles. The van der Waals surface area contributed by atoms with E-state index in [9.17, 15) is 9.59 Å². The molecule has 2 heterocycles. The predicted octanol–water partition coefficient (Wildman–Crippen LogP) is 3.94. The molecule has 0 radical (unpaired) electrons. The molecular weight excluding hydrogens is 406 g/mol. The Balaban J connectivity index is 1.35. The van der Waals surface area contributed by atoms with Crippen molar-refractivity contribution in [3.8, 4) is 0 Å². The van der Waals surface area contributed by atoms with Crippen molar-refractivity contribution in [3.63, 3.8) is 0 Å². The molecule has 2 amide bonds. The van der Waals surface area contributed by atoms with Crippen molar-refractivity contribution in [3.05, 3.63) is 29.2 Å². The van der Waals surface area contributed by atoms with Gasteiger partial charge in [-0.25, -0.2) is 0 Å². The first-order valence-electron chi connectivity index (χ1n) is 12.1. The molecule has 1 atom stereocenters. The number of aromatic nitrogens is 3. The lowest BCUT2D eigenvalue weighted by atomic mass is 9.85. The summed E-state index contributed by atoms with van der Waals surface area (Å²) in [4.78, 5) is 26.5. The molecule has 32 heavy (non-hydrogen) atoms. The van der Waals surface area contributed by atoms with Gasteiger partial charge in [-0.1, -0.05) is 24.4 Å². The fourth-order valence-electron chi connectivity index (χ4n) is 5.45. The SMILES string of the molecule is Cc1c(C2CCCCC2)noc1NC(=O)[C@@H](NC(=O)c1ccnn1C)C(C1CC1)C1CC1. The van der Waals surface area contributed by atoms with Crippen molar-refractivity contribution >= 4 is 17.7 Å². The van der Waals surface area contributed by atoms with Crippen molar-refractivity contribution in [2.75, 3.05) is 5.32 Å². The zero-order valence-corrected chi connectivity index (χ0v) is 19.0. The van der Waals surface area contributed by atoms with Crippen molar-refractivity contribution in [1.82, 2.24) is 20.3 Å². The summed E-state index contributed by atoms with van der Waals surface area (Å²) < 4.78 is 7.12. The minimum atomic E-state index is -0.597. The van der Waals surface area contributed by atoms with Crippen LogP contribution >= 0.6 is 0 Å². The molecule has 2 aromatic heterocycles. The monoisotopic (exact) mass is 439 g/mol. The first-order valence-corrected chi connectivity index (χ1v) is 12.1. The van der Waals surface area contributed by atoms with Crippen molar-refractivity contribution < 1.29 is 14.1 Å². The van der Waals surface area contributed by atoms with Crippen LogP contribution in [0.5, 0.6) is 0 Å². The van der Waals surface area contributed by atoms with Gasteiger partial charge in [-0.05, 0) is 69.3 Å². The first kappa shape index (κ1) is 21.2. The molecule has 0 aliphatic heterocycles. The Morgan fingerprint density at radius 2 is 1.78 bits per heavy atom.